The van der Waals surface area contributed by atoms with E-state index in [-0.39, 0.29) is 11.7 Å². The van der Waals surface area contributed by atoms with Crippen LogP contribution in [0.4, 0.5) is 5.69 Å². The zero-order chi connectivity index (χ0) is 20.7. The number of amides is 1. The number of aryl methyl sites for hydroxylation is 2. The number of thiocarbonyl (C=S) groups is 1. The van der Waals surface area contributed by atoms with Gasteiger partial charge in [0, 0.05) is 11.8 Å². The largest absolute Gasteiger partial charge is 0.482 e. The van der Waals surface area contributed by atoms with Crippen molar-refractivity contribution in [3.63, 3.8) is 0 Å². The molecular formula is C20H19BrN2O4S. The summed E-state index contributed by atoms with van der Waals surface area (Å²) >= 11 is 8.58. The SMILES string of the molecule is Cc1cc(C)c(OCC(=O)NC(=S)Nc2cccc(/C=C/C(=O)O)c2)c(Br)c1. The fourth-order valence-corrected chi connectivity index (χ4v) is 3.46. The molecule has 0 saturated carbocycles. The summed E-state index contributed by atoms with van der Waals surface area (Å²) in [5.41, 5.74) is 3.32. The predicted octanol–water partition coefficient (Wildman–Crippen LogP) is 4.06. The Labute approximate surface area is 176 Å². The first-order valence-corrected chi connectivity index (χ1v) is 9.46. The third kappa shape index (κ3) is 6.79. The van der Waals surface area contributed by atoms with Crippen molar-refractivity contribution in [2.75, 3.05) is 11.9 Å². The maximum absolute atomic E-state index is 12.1. The van der Waals surface area contributed by atoms with Crippen molar-refractivity contribution in [2.24, 2.45) is 0 Å². The molecule has 0 heterocycles. The molecule has 0 fully saturated rings. The number of halogens is 1. The highest BCUT2D eigenvalue weighted by Gasteiger charge is 2.10. The van der Waals surface area contributed by atoms with Gasteiger partial charge in [-0.1, -0.05) is 18.2 Å². The molecule has 0 atom stereocenters. The Kier molecular flexibility index (Phi) is 7.71. The molecule has 8 heteroatoms. The molecule has 0 aliphatic carbocycles. The van der Waals surface area contributed by atoms with Gasteiger partial charge in [-0.3, -0.25) is 10.1 Å². The van der Waals surface area contributed by atoms with Gasteiger partial charge >= 0.3 is 5.97 Å². The minimum atomic E-state index is -1.03. The topological polar surface area (TPSA) is 87.7 Å². The number of rotatable bonds is 6. The second-order valence-electron chi connectivity index (χ2n) is 5.98. The molecule has 0 unspecified atom stereocenters. The van der Waals surface area contributed by atoms with Crippen molar-refractivity contribution in [3.8, 4) is 5.75 Å². The van der Waals surface area contributed by atoms with E-state index in [0.29, 0.717) is 17.0 Å². The molecule has 0 spiro atoms. The van der Waals surface area contributed by atoms with Crippen LogP contribution in [-0.4, -0.2) is 28.7 Å². The molecule has 1 amide bonds. The first-order valence-electron chi connectivity index (χ1n) is 8.26. The Bertz CT molecular complexity index is 921. The summed E-state index contributed by atoms with van der Waals surface area (Å²) in [6.45, 7) is 3.69. The number of aliphatic carboxylic acids is 1. The van der Waals surface area contributed by atoms with Gasteiger partial charge in [0.05, 0.1) is 4.47 Å². The van der Waals surface area contributed by atoms with Crippen LogP contribution in [0.25, 0.3) is 6.08 Å². The maximum atomic E-state index is 12.1. The molecule has 0 aromatic heterocycles. The molecule has 6 nitrogen and oxygen atoms in total. The summed E-state index contributed by atoms with van der Waals surface area (Å²) in [6, 6.07) is 10.8. The molecule has 0 aliphatic rings. The number of hydrogen-bond donors (Lipinski definition) is 3. The number of nitrogens with one attached hydrogen (secondary N) is 2. The minimum Gasteiger partial charge on any atom is -0.482 e. The lowest BCUT2D eigenvalue weighted by Gasteiger charge is -2.13. The van der Waals surface area contributed by atoms with Gasteiger partial charge < -0.3 is 15.2 Å². The third-order valence-corrected chi connectivity index (χ3v) is 4.33. The fourth-order valence-electron chi connectivity index (χ4n) is 2.44. The van der Waals surface area contributed by atoms with Crippen LogP contribution in [0.2, 0.25) is 0 Å². The van der Waals surface area contributed by atoms with E-state index in [2.05, 4.69) is 26.6 Å². The Morgan fingerprint density at radius 3 is 2.68 bits per heavy atom. The van der Waals surface area contributed by atoms with Crippen LogP contribution >= 0.6 is 28.1 Å². The zero-order valence-electron chi connectivity index (χ0n) is 15.3. The maximum Gasteiger partial charge on any atom is 0.328 e. The van der Waals surface area contributed by atoms with Crippen LogP contribution in [0, 0.1) is 13.8 Å². The zero-order valence-corrected chi connectivity index (χ0v) is 17.7. The predicted molar refractivity (Wildman–Crippen MR) is 117 cm³/mol. The molecule has 0 bridgehead atoms. The second-order valence-corrected chi connectivity index (χ2v) is 7.24. The average molecular weight is 463 g/mol. The van der Waals surface area contributed by atoms with Crippen molar-refractivity contribution in [3.05, 3.63) is 63.6 Å². The molecule has 2 aromatic carbocycles. The lowest BCUT2D eigenvalue weighted by atomic mass is 10.1. The number of carbonyl (C=O) groups is 2. The van der Waals surface area contributed by atoms with Crippen LogP contribution in [-0.2, 0) is 9.59 Å². The Hall–Kier alpha value is -2.71. The summed E-state index contributed by atoms with van der Waals surface area (Å²) in [7, 11) is 0. The van der Waals surface area contributed by atoms with Gasteiger partial charge in [0.15, 0.2) is 11.7 Å². The summed E-state index contributed by atoms with van der Waals surface area (Å²) in [5.74, 6) is -0.819. The lowest BCUT2D eigenvalue weighted by Crippen LogP contribution is -2.37. The van der Waals surface area contributed by atoms with Gasteiger partial charge in [-0.05, 0) is 83.0 Å². The van der Waals surface area contributed by atoms with E-state index in [1.165, 1.54) is 6.08 Å². The minimum absolute atomic E-state index is 0.118. The van der Waals surface area contributed by atoms with Crippen molar-refractivity contribution < 1.29 is 19.4 Å². The smallest absolute Gasteiger partial charge is 0.328 e. The molecule has 2 rings (SSSR count). The summed E-state index contributed by atoms with van der Waals surface area (Å²) < 4.78 is 6.38. The molecule has 3 N–H and O–H groups in total. The first-order chi connectivity index (χ1) is 13.2. The highest BCUT2D eigenvalue weighted by Crippen LogP contribution is 2.30. The van der Waals surface area contributed by atoms with Gasteiger partial charge in [0.1, 0.15) is 5.75 Å². The molecular weight excluding hydrogens is 444 g/mol. The van der Waals surface area contributed by atoms with Crippen molar-refractivity contribution in [1.29, 1.82) is 0 Å². The fraction of sp³-hybridized carbons (Fsp3) is 0.150. The highest BCUT2D eigenvalue weighted by molar-refractivity contribution is 9.10. The number of carboxylic acids is 1. The van der Waals surface area contributed by atoms with Gasteiger partial charge in [-0.2, -0.15) is 0 Å². The van der Waals surface area contributed by atoms with Crippen molar-refractivity contribution >= 4 is 56.9 Å². The first kappa shape index (κ1) is 21.6. The van der Waals surface area contributed by atoms with Crippen LogP contribution in [0.3, 0.4) is 0 Å². The normalized spacial score (nSPS) is 10.5. The van der Waals surface area contributed by atoms with Gasteiger partial charge in [0.25, 0.3) is 5.91 Å². The van der Waals surface area contributed by atoms with Crippen LogP contribution in [0.5, 0.6) is 5.75 Å². The van der Waals surface area contributed by atoms with Crippen LogP contribution in [0.1, 0.15) is 16.7 Å². The van der Waals surface area contributed by atoms with E-state index >= 15 is 0 Å². The van der Waals surface area contributed by atoms with Crippen molar-refractivity contribution in [1.82, 2.24) is 5.32 Å². The second kappa shape index (κ2) is 10.0. The van der Waals surface area contributed by atoms with E-state index in [1.807, 2.05) is 26.0 Å². The van der Waals surface area contributed by atoms with Crippen LogP contribution < -0.4 is 15.4 Å². The summed E-state index contributed by atoms with van der Waals surface area (Å²) in [4.78, 5) is 22.7. The van der Waals surface area contributed by atoms with Gasteiger partial charge in [0.2, 0.25) is 0 Å². The highest BCUT2D eigenvalue weighted by atomic mass is 79.9. The monoisotopic (exact) mass is 462 g/mol. The van der Waals surface area contributed by atoms with Crippen LogP contribution in [0.15, 0.2) is 46.9 Å². The third-order valence-electron chi connectivity index (χ3n) is 3.54. The quantitative estimate of drug-likeness (QED) is 0.443. The molecule has 0 aliphatic heterocycles. The van der Waals surface area contributed by atoms with E-state index < -0.39 is 11.9 Å². The van der Waals surface area contributed by atoms with E-state index in [9.17, 15) is 9.59 Å². The number of anilines is 1. The van der Waals surface area contributed by atoms with Gasteiger partial charge in [-0.15, -0.1) is 0 Å². The van der Waals surface area contributed by atoms with E-state index in [4.69, 9.17) is 22.1 Å². The standard InChI is InChI=1S/C20H19BrN2O4S/c1-12-8-13(2)19(16(21)9-12)27-11-17(24)23-20(28)22-15-5-3-4-14(10-15)6-7-18(25)26/h3-10H,11H2,1-2H3,(H,25,26)(H2,22,23,24,28)/b7-6+. The van der Waals surface area contributed by atoms with E-state index in [1.54, 1.807) is 24.3 Å². The molecule has 2 aromatic rings. The Balaban J connectivity index is 1.90. The molecule has 0 radical (unpaired) electrons. The summed E-state index contributed by atoms with van der Waals surface area (Å²) in [6.07, 6.45) is 2.51. The Morgan fingerprint density at radius 1 is 1.25 bits per heavy atom. The number of carboxylic acid groups (broad SMARTS) is 1. The number of benzene rings is 2. The number of ether oxygens (including phenoxy) is 1. The molecule has 28 heavy (non-hydrogen) atoms. The average Bonchev–Trinajstić information content (AvgIpc) is 2.59. The number of hydrogen-bond acceptors (Lipinski definition) is 4. The van der Waals surface area contributed by atoms with Crippen molar-refractivity contribution in [2.45, 2.75) is 13.8 Å². The molecule has 146 valence electrons. The summed E-state index contributed by atoms with van der Waals surface area (Å²) in [5, 5.41) is 14.2. The Morgan fingerprint density at radius 2 is 2.00 bits per heavy atom. The lowest BCUT2D eigenvalue weighted by molar-refractivity contribution is -0.131. The van der Waals surface area contributed by atoms with E-state index in [0.717, 1.165) is 21.7 Å². The number of carbonyl (C=O) groups excluding carboxylic acids is 1. The van der Waals surface area contributed by atoms with Gasteiger partial charge in [-0.25, -0.2) is 4.79 Å². The molecule has 0 saturated heterocycles.